The summed E-state index contributed by atoms with van der Waals surface area (Å²) in [6, 6.07) is 5.18. The number of benzene rings is 1. The van der Waals surface area contributed by atoms with Gasteiger partial charge in [0.05, 0.1) is 18.3 Å². The number of ether oxygens (including phenoxy) is 1. The van der Waals surface area contributed by atoms with Gasteiger partial charge in [-0.15, -0.1) is 0 Å². The molecule has 1 fully saturated rings. The molecule has 0 aliphatic heterocycles. The fraction of sp³-hybridized carbons (Fsp3) is 0.429. The van der Waals surface area contributed by atoms with Gasteiger partial charge in [-0.05, 0) is 24.5 Å². The lowest BCUT2D eigenvalue weighted by Crippen LogP contribution is -2.34. The normalized spacial score (nSPS) is 15.5. The highest BCUT2D eigenvalue weighted by atomic mass is 19.4. The van der Waals surface area contributed by atoms with Crippen LogP contribution in [0.4, 0.5) is 13.2 Å². The molecule has 1 heterocycles. The number of alkyl halides is 3. The molecule has 0 saturated heterocycles. The smallest absolute Gasteiger partial charge is 0.416 e. The summed E-state index contributed by atoms with van der Waals surface area (Å²) in [5.74, 6) is -1.86. The molecule has 2 aromatic rings. The molecule has 1 amide bonds. The van der Waals surface area contributed by atoms with Gasteiger partial charge in [0.1, 0.15) is 0 Å². The van der Waals surface area contributed by atoms with Gasteiger partial charge in [0, 0.05) is 19.4 Å². The molecule has 1 saturated carbocycles. The van der Waals surface area contributed by atoms with E-state index in [0.717, 1.165) is 31.9 Å². The average molecular weight is 437 g/mol. The summed E-state index contributed by atoms with van der Waals surface area (Å²) in [6.07, 6.45) is -0.407. The van der Waals surface area contributed by atoms with Crippen LogP contribution in [0, 0.1) is 0 Å². The summed E-state index contributed by atoms with van der Waals surface area (Å²) in [5.41, 5.74) is -2.20. The van der Waals surface area contributed by atoms with Crippen molar-refractivity contribution in [2.24, 2.45) is 0 Å². The summed E-state index contributed by atoms with van der Waals surface area (Å²) in [6.45, 7) is 1.23. The molecule has 3 rings (SSSR count). The van der Waals surface area contributed by atoms with Gasteiger partial charge in [0.15, 0.2) is 11.4 Å². The van der Waals surface area contributed by atoms with Crippen LogP contribution in [0.15, 0.2) is 35.3 Å². The van der Waals surface area contributed by atoms with Crippen molar-refractivity contribution < 1.29 is 27.5 Å². The van der Waals surface area contributed by atoms with Crippen molar-refractivity contribution in [1.82, 2.24) is 15.1 Å². The van der Waals surface area contributed by atoms with E-state index in [2.05, 4.69) is 10.4 Å². The Morgan fingerprint density at radius 2 is 1.94 bits per heavy atom. The lowest BCUT2D eigenvalue weighted by molar-refractivity contribution is -0.137. The number of rotatable bonds is 5. The van der Waals surface area contributed by atoms with Crippen molar-refractivity contribution in [3.63, 3.8) is 0 Å². The van der Waals surface area contributed by atoms with E-state index in [4.69, 9.17) is 4.74 Å². The van der Waals surface area contributed by atoms with Crippen LogP contribution in [0.5, 0.6) is 5.75 Å². The number of aromatic nitrogens is 2. The fourth-order valence-corrected chi connectivity index (χ4v) is 4.01. The molecule has 1 aromatic carbocycles. The van der Waals surface area contributed by atoms with Crippen LogP contribution in [-0.4, -0.2) is 28.7 Å². The topological polar surface area (TPSA) is 90.3 Å². The predicted molar refractivity (Wildman–Crippen MR) is 105 cm³/mol. The predicted octanol–water partition coefficient (Wildman–Crippen LogP) is 3.06. The van der Waals surface area contributed by atoms with Gasteiger partial charge >= 0.3 is 12.1 Å². The monoisotopic (exact) mass is 437 g/mol. The molecule has 7 nitrogen and oxygen atoms in total. The Balaban J connectivity index is 2.08. The van der Waals surface area contributed by atoms with Gasteiger partial charge in [0.25, 0.3) is 11.3 Å². The maximum atomic E-state index is 13.3. The van der Waals surface area contributed by atoms with Crippen LogP contribution in [0.25, 0.3) is 0 Å². The average Bonchev–Trinajstić information content (AvgIpc) is 3.18. The summed E-state index contributed by atoms with van der Waals surface area (Å²) in [5, 5.41) is 6.40. The number of hydrogen-bond donors (Lipinski definition) is 1. The Kier molecular flexibility index (Phi) is 6.19. The van der Waals surface area contributed by atoms with Crippen molar-refractivity contribution in [1.29, 1.82) is 0 Å². The summed E-state index contributed by atoms with van der Waals surface area (Å²) >= 11 is 0. The maximum Gasteiger partial charge on any atom is 0.416 e. The number of nitrogens with one attached hydrogen (secondary N) is 1. The van der Waals surface area contributed by atoms with E-state index in [0.29, 0.717) is 18.4 Å². The Bertz CT molecular complexity index is 1060. The number of halogens is 3. The molecule has 1 aliphatic carbocycles. The third kappa shape index (κ3) is 4.78. The second-order valence-electron chi connectivity index (χ2n) is 7.61. The molecule has 0 atom stereocenters. The minimum atomic E-state index is -4.47. The highest BCUT2D eigenvalue weighted by Crippen LogP contribution is 2.44. The molecule has 0 radical (unpaired) electrons. The van der Waals surface area contributed by atoms with Crippen LogP contribution in [0.1, 0.15) is 54.2 Å². The highest BCUT2D eigenvalue weighted by molar-refractivity contribution is 5.92. The van der Waals surface area contributed by atoms with Crippen molar-refractivity contribution in [2.45, 2.75) is 50.7 Å². The van der Waals surface area contributed by atoms with Gasteiger partial charge in [-0.3, -0.25) is 19.1 Å². The largest absolute Gasteiger partial charge is 0.421 e. The second kappa shape index (κ2) is 8.52. The van der Waals surface area contributed by atoms with Crippen LogP contribution < -0.4 is 15.5 Å². The Morgan fingerprint density at radius 3 is 2.52 bits per heavy atom. The van der Waals surface area contributed by atoms with Crippen molar-refractivity contribution in [3.8, 4) is 5.75 Å². The highest BCUT2D eigenvalue weighted by Gasteiger charge is 2.39. The third-order valence-corrected chi connectivity index (χ3v) is 5.46. The lowest BCUT2D eigenvalue weighted by Gasteiger charge is -2.31. The molecule has 31 heavy (non-hydrogen) atoms. The molecule has 0 spiro atoms. The van der Waals surface area contributed by atoms with Gasteiger partial charge in [-0.1, -0.05) is 31.0 Å². The van der Waals surface area contributed by atoms with E-state index in [9.17, 15) is 27.6 Å². The van der Waals surface area contributed by atoms with Gasteiger partial charge in [-0.25, -0.2) is 0 Å². The quantitative estimate of drug-likeness (QED) is 0.727. The van der Waals surface area contributed by atoms with E-state index in [-0.39, 0.29) is 12.3 Å². The van der Waals surface area contributed by atoms with Crippen LogP contribution in [-0.2, 0) is 22.9 Å². The fourth-order valence-electron chi connectivity index (χ4n) is 4.01. The molecule has 0 bridgehead atoms. The van der Waals surface area contributed by atoms with E-state index in [1.807, 2.05) is 0 Å². The molecule has 10 heteroatoms. The zero-order valence-corrected chi connectivity index (χ0v) is 17.1. The zero-order chi connectivity index (χ0) is 22.8. The van der Waals surface area contributed by atoms with Crippen molar-refractivity contribution >= 4 is 11.9 Å². The second-order valence-corrected chi connectivity index (χ2v) is 7.61. The van der Waals surface area contributed by atoms with Crippen LogP contribution >= 0.6 is 0 Å². The molecule has 1 N–H and O–H groups in total. The van der Waals surface area contributed by atoms with Crippen LogP contribution in [0.2, 0.25) is 0 Å². The Hall–Kier alpha value is -3.17. The first-order chi connectivity index (χ1) is 14.6. The maximum absolute atomic E-state index is 13.3. The molecular formula is C21H22F3N3O4. The van der Waals surface area contributed by atoms with Crippen molar-refractivity contribution in [3.05, 3.63) is 57.5 Å². The molecule has 0 unspecified atom stereocenters. The summed E-state index contributed by atoms with van der Waals surface area (Å²) < 4.78 is 46.0. The Labute approximate surface area is 176 Å². The zero-order valence-electron chi connectivity index (χ0n) is 17.1. The number of carbonyl (C=O) groups excluding carboxylic acids is 2. The van der Waals surface area contributed by atoms with E-state index >= 15 is 0 Å². The van der Waals surface area contributed by atoms with Gasteiger partial charge in [-0.2, -0.15) is 18.3 Å². The van der Waals surface area contributed by atoms with Gasteiger partial charge in [0.2, 0.25) is 0 Å². The summed E-state index contributed by atoms with van der Waals surface area (Å²) in [4.78, 5) is 36.0. The standard InChI is InChI=1S/C21H22F3N3O4/c1-13(28)31-16-11-27(26-17(18(16)29)19(30)25-2)12-20(8-3-4-9-20)14-6-5-7-15(10-14)21(22,23)24/h5-7,10-11H,3-4,8-9,12H2,1-2H3,(H,25,30). The first kappa shape index (κ1) is 22.5. The molecular weight excluding hydrogens is 415 g/mol. The van der Waals surface area contributed by atoms with E-state index in [1.54, 1.807) is 6.07 Å². The molecule has 1 aromatic heterocycles. The minimum Gasteiger partial charge on any atom is -0.421 e. The molecule has 166 valence electrons. The Morgan fingerprint density at radius 1 is 1.26 bits per heavy atom. The van der Waals surface area contributed by atoms with E-state index in [1.165, 1.54) is 24.0 Å². The SMILES string of the molecule is CNC(=O)c1nn(CC2(c3cccc(C(F)(F)F)c3)CCCC2)cc(OC(C)=O)c1=O. The van der Waals surface area contributed by atoms with Crippen molar-refractivity contribution in [2.75, 3.05) is 7.05 Å². The number of hydrogen-bond acceptors (Lipinski definition) is 5. The third-order valence-electron chi connectivity index (χ3n) is 5.46. The first-order valence-electron chi connectivity index (χ1n) is 9.76. The summed E-state index contributed by atoms with van der Waals surface area (Å²) in [7, 11) is 1.33. The number of carbonyl (C=O) groups is 2. The number of esters is 1. The van der Waals surface area contributed by atoms with Crippen LogP contribution in [0.3, 0.4) is 0 Å². The van der Waals surface area contributed by atoms with E-state index < -0.39 is 40.2 Å². The lowest BCUT2D eigenvalue weighted by atomic mass is 9.78. The molecule has 1 aliphatic rings. The first-order valence-corrected chi connectivity index (χ1v) is 9.76. The minimum absolute atomic E-state index is 0.118. The number of nitrogens with zero attached hydrogens (tertiary/aromatic N) is 2. The van der Waals surface area contributed by atoms with Gasteiger partial charge < -0.3 is 10.1 Å². The number of amides is 1.